The lowest BCUT2D eigenvalue weighted by Gasteiger charge is -2.27. The van der Waals surface area contributed by atoms with Crippen LogP contribution in [0.3, 0.4) is 0 Å². The lowest BCUT2D eigenvalue weighted by Crippen LogP contribution is -2.40. The van der Waals surface area contributed by atoms with Gasteiger partial charge < -0.3 is 15.0 Å². The molecule has 7 nitrogen and oxygen atoms in total. The van der Waals surface area contributed by atoms with E-state index in [-0.39, 0.29) is 18.6 Å². The molecule has 0 saturated carbocycles. The zero-order valence-electron chi connectivity index (χ0n) is 16.1. The van der Waals surface area contributed by atoms with Gasteiger partial charge in [0.05, 0.1) is 0 Å². The molecule has 2 aromatic rings. The first-order valence-electron chi connectivity index (χ1n) is 9.05. The smallest absolute Gasteiger partial charge is 0.322 e. The molecule has 0 bridgehead atoms. The Labute approximate surface area is 163 Å². The number of carbonyl (C=O) groups is 3. The molecule has 1 fully saturated rings. The van der Waals surface area contributed by atoms with Gasteiger partial charge in [0.25, 0.3) is 11.8 Å². The van der Waals surface area contributed by atoms with Crippen molar-refractivity contribution >= 4 is 23.5 Å². The van der Waals surface area contributed by atoms with Gasteiger partial charge in [-0.3, -0.25) is 14.9 Å². The monoisotopic (exact) mass is 381 g/mol. The van der Waals surface area contributed by atoms with Gasteiger partial charge in [0.15, 0.2) is 6.61 Å². The standard InChI is InChI=1S/C21H23N3O4/c1-14(2)24(16-7-5-4-6-8-16)18(25)13-28-17-11-9-15(10-12-17)21(3)19(26)22-20(27)23-21/h4-12,14H,13H2,1-3H3,(H2,22,23,26,27). The van der Waals surface area contributed by atoms with E-state index in [0.717, 1.165) is 5.69 Å². The quantitative estimate of drug-likeness (QED) is 0.753. The third-order valence-electron chi connectivity index (χ3n) is 4.66. The van der Waals surface area contributed by atoms with Gasteiger partial charge in [0.1, 0.15) is 11.3 Å². The Morgan fingerprint density at radius 2 is 1.71 bits per heavy atom. The lowest BCUT2D eigenvalue weighted by molar-refractivity contribution is -0.123. The fourth-order valence-corrected chi connectivity index (χ4v) is 3.16. The summed E-state index contributed by atoms with van der Waals surface area (Å²) >= 11 is 0. The first-order valence-corrected chi connectivity index (χ1v) is 9.05. The molecule has 1 atom stereocenters. The van der Waals surface area contributed by atoms with Crippen molar-refractivity contribution in [3.05, 3.63) is 60.2 Å². The van der Waals surface area contributed by atoms with E-state index in [0.29, 0.717) is 11.3 Å². The summed E-state index contributed by atoms with van der Waals surface area (Å²) in [6.07, 6.45) is 0. The fraction of sp³-hybridized carbons (Fsp3) is 0.286. The number of carbonyl (C=O) groups excluding carboxylic acids is 3. The highest BCUT2D eigenvalue weighted by molar-refractivity contribution is 6.07. The van der Waals surface area contributed by atoms with Crippen LogP contribution in [0.2, 0.25) is 0 Å². The first kappa shape index (κ1) is 19.4. The van der Waals surface area contributed by atoms with Crippen molar-refractivity contribution in [3.8, 4) is 5.75 Å². The molecule has 3 rings (SSSR count). The summed E-state index contributed by atoms with van der Waals surface area (Å²) in [7, 11) is 0. The minimum atomic E-state index is -1.12. The van der Waals surface area contributed by atoms with Crippen molar-refractivity contribution in [2.75, 3.05) is 11.5 Å². The summed E-state index contributed by atoms with van der Waals surface area (Å²) in [5.74, 6) is -0.0568. The summed E-state index contributed by atoms with van der Waals surface area (Å²) in [6, 6.07) is 15.7. The molecule has 0 aliphatic carbocycles. The van der Waals surface area contributed by atoms with Crippen molar-refractivity contribution in [2.24, 2.45) is 0 Å². The van der Waals surface area contributed by atoms with Gasteiger partial charge >= 0.3 is 6.03 Å². The molecule has 1 saturated heterocycles. The van der Waals surface area contributed by atoms with E-state index in [1.807, 2.05) is 44.2 Å². The van der Waals surface area contributed by atoms with Crippen LogP contribution >= 0.6 is 0 Å². The van der Waals surface area contributed by atoms with E-state index in [4.69, 9.17) is 4.74 Å². The number of imide groups is 1. The van der Waals surface area contributed by atoms with Crippen LogP contribution in [0.5, 0.6) is 5.75 Å². The second kappa shape index (κ2) is 7.72. The number of hydrogen-bond donors (Lipinski definition) is 2. The highest BCUT2D eigenvalue weighted by Gasteiger charge is 2.43. The van der Waals surface area contributed by atoms with Crippen LogP contribution in [-0.4, -0.2) is 30.5 Å². The first-order chi connectivity index (χ1) is 13.3. The molecular formula is C21H23N3O4. The summed E-state index contributed by atoms with van der Waals surface area (Å²) in [6.45, 7) is 5.41. The number of amides is 4. The third kappa shape index (κ3) is 3.83. The molecular weight excluding hydrogens is 358 g/mol. The van der Waals surface area contributed by atoms with Crippen LogP contribution < -0.4 is 20.3 Å². The zero-order valence-corrected chi connectivity index (χ0v) is 16.1. The molecule has 0 aromatic heterocycles. The maximum absolute atomic E-state index is 12.7. The van der Waals surface area contributed by atoms with Crippen LogP contribution in [-0.2, 0) is 15.1 Å². The van der Waals surface area contributed by atoms with E-state index in [1.54, 1.807) is 36.1 Å². The normalized spacial score (nSPS) is 18.6. The van der Waals surface area contributed by atoms with E-state index < -0.39 is 17.5 Å². The molecule has 1 aliphatic rings. The van der Waals surface area contributed by atoms with Crippen molar-refractivity contribution in [2.45, 2.75) is 32.4 Å². The van der Waals surface area contributed by atoms with Crippen molar-refractivity contribution in [1.29, 1.82) is 0 Å². The minimum absolute atomic E-state index is 0.00897. The predicted molar refractivity (Wildman–Crippen MR) is 105 cm³/mol. The molecule has 1 unspecified atom stereocenters. The van der Waals surface area contributed by atoms with E-state index >= 15 is 0 Å². The maximum Gasteiger partial charge on any atom is 0.322 e. The second-order valence-corrected chi connectivity index (χ2v) is 7.04. The van der Waals surface area contributed by atoms with Crippen LogP contribution in [0.15, 0.2) is 54.6 Å². The Kier molecular flexibility index (Phi) is 5.35. The number of anilines is 1. The fourth-order valence-electron chi connectivity index (χ4n) is 3.16. The number of hydrogen-bond acceptors (Lipinski definition) is 4. The lowest BCUT2D eigenvalue weighted by atomic mass is 9.92. The molecule has 1 aliphatic heterocycles. The average Bonchev–Trinajstić information content (AvgIpc) is 2.94. The zero-order chi connectivity index (χ0) is 20.3. The molecule has 1 heterocycles. The van der Waals surface area contributed by atoms with E-state index in [2.05, 4.69) is 10.6 Å². The predicted octanol–water partition coefficient (Wildman–Crippen LogP) is 2.56. The van der Waals surface area contributed by atoms with Crippen LogP contribution in [0.4, 0.5) is 10.5 Å². The van der Waals surface area contributed by atoms with Crippen molar-refractivity contribution in [3.63, 3.8) is 0 Å². The summed E-state index contributed by atoms with van der Waals surface area (Å²) in [5, 5.41) is 4.84. The van der Waals surface area contributed by atoms with Crippen LogP contribution in [0.1, 0.15) is 26.3 Å². The Balaban J connectivity index is 1.67. The average molecular weight is 381 g/mol. The summed E-state index contributed by atoms with van der Waals surface area (Å²) in [5.41, 5.74) is 0.327. The molecule has 2 N–H and O–H groups in total. The van der Waals surface area contributed by atoms with Gasteiger partial charge in [-0.1, -0.05) is 30.3 Å². The number of ether oxygens (including phenoxy) is 1. The van der Waals surface area contributed by atoms with Gasteiger partial charge in [0, 0.05) is 11.7 Å². The van der Waals surface area contributed by atoms with Gasteiger partial charge in [-0.2, -0.15) is 0 Å². The summed E-state index contributed by atoms with van der Waals surface area (Å²) in [4.78, 5) is 37.8. The number of para-hydroxylation sites is 1. The molecule has 2 aromatic carbocycles. The van der Waals surface area contributed by atoms with Gasteiger partial charge in [-0.25, -0.2) is 4.79 Å². The molecule has 7 heteroatoms. The SMILES string of the molecule is CC(C)N(C(=O)COc1ccc(C2(C)NC(=O)NC2=O)cc1)c1ccccc1. The Morgan fingerprint density at radius 1 is 1.07 bits per heavy atom. The van der Waals surface area contributed by atoms with Crippen LogP contribution in [0.25, 0.3) is 0 Å². The Hall–Kier alpha value is -3.35. The van der Waals surface area contributed by atoms with Gasteiger partial charge in [-0.15, -0.1) is 0 Å². The van der Waals surface area contributed by atoms with Crippen LogP contribution in [0, 0.1) is 0 Å². The van der Waals surface area contributed by atoms with Crippen molar-refractivity contribution < 1.29 is 19.1 Å². The van der Waals surface area contributed by atoms with E-state index in [9.17, 15) is 14.4 Å². The number of urea groups is 1. The minimum Gasteiger partial charge on any atom is -0.484 e. The number of nitrogens with one attached hydrogen (secondary N) is 2. The molecule has 0 spiro atoms. The van der Waals surface area contributed by atoms with Gasteiger partial charge in [0.2, 0.25) is 0 Å². The highest BCUT2D eigenvalue weighted by Crippen LogP contribution is 2.26. The second-order valence-electron chi connectivity index (χ2n) is 7.04. The molecule has 0 radical (unpaired) electrons. The van der Waals surface area contributed by atoms with Crippen molar-refractivity contribution in [1.82, 2.24) is 10.6 Å². The number of benzene rings is 2. The third-order valence-corrected chi connectivity index (χ3v) is 4.66. The number of rotatable bonds is 6. The van der Waals surface area contributed by atoms with Gasteiger partial charge in [-0.05, 0) is 50.6 Å². The Morgan fingerprint density at radius 3 is 2.25 bits per heavy atom. The number of nitrogens with zero attached hydrogens (tertiary/aromatic N) is 1. The topological polar surface area (TPSA) is 87.7 Å². The highest BCUT2D eigenvalue weighted by atomic mass is 16.5. The largest absolute Gasteiger partial charge is 0.484 e. The molecule has 4 amide bonds. The maximum atomic E-state index is 12.7. The molecule has 146 valence electrons. The molecule has 28 heavy (non-hydrogen) atoms. The summed E-state index contributed by atoms with van der Waals surface area (Å²) < 4.78 is 5.64. The van der Waals surface area contributed by atoms with E-state index in [1.165, 1.54) is 0 Å². The Bertz CT molecular complexity index is 880.